The van der Waals surface area contributed by atoms with Gasteiger partial charge in [0.2, 0.25) is 0 Å². The van der Waals surface area contributed by atoms with Crippen LogP contribution in [0.3, 0.4) is 0 Å². The number of aliphatic hydroxyl groups excluding tert-OH is 2. The second-order valence-electron chi connectivity index (χ2n) is 10.6. The highest BCUT2D eigenvalue weighted by atomic mass is 35.5. The molecule has 0 aliphatic carbocycles. The number of piperidine rings is 1. The molecule has 0 radical (unpaired) electrons. The molecule has 1 aromatic heterocycles. The molecule has 41 heavy (non-hydrogen) atoms. The topological polar surface area (TPSA) is 81.9 Å². The van der Waals surface area contributed by atoms with Crippen LogP contribution in [0.5, 0.6) is 0 Å². The SMILES string of the molecule is OCCOC1(C(CCO)N2CCC(CF)CC2)c2ccccc2[C@@](Cc2ncc(Cl)cn2)(c2ccc(Cl)cc2)N1F. The first-order valence-electron chi connectivity index (χ1n) is 13.8. The minimum Gasteiger partial charge on any atom is -0.396 e. The first-order chi connectivity index (χ1) is 19.9. The van der Waals surface area contributed by atoms with Crippen LogP contribution in [0, 0.1) is 5.92 Å². The van der Waals surface area contributed by atoms with E-state index >= 15 is 4.48 Å². The molecule has 11 heteroatoms. The Kier molecular flexibility index (Phi) is 9.55. The Bertz CT molecular complexity index is 1300. The lowest BCUT2D eigenvalue weighted by molar-refractivity contribution is -0.297. The molecule has 0 amide bonds. The molecule has 2 aliphatic rings. The van der Waals surface area contributed by atoms with Crippen LogP contribution in [0.2, 0.25) is 10.0 Å². The van der Waals surface area contributed by atoms with Crippen molar-refractivity contribution in [3.05, 3.63) is 93.5 Å². The van der Waals surface area contributed by atoms with Gasteiger partial charge in [0, 0.05) is 36.0 Å². The lowest BCUT2D eigenvalue weighted by Crippen LogP contribution is -2.62. The average Bonchev–Trinajstić information content (AvgIpc) is 3.21. The summed E-state index contributed by atoms with van der Waals surface area (Å²) in [5, 5.41) is 21.7. The predicted octanol–water partition coefficient (Wildman–Crippen LogP) is 5.06. The Morgan fingerprint density at radius 1 is 0.951 bits per heavy atom. The van der Waals surface area contributed by atoms with Crippen molar-refractivity contribution in [1.29, 1.82) is 0 Å². The number of aromatic nitrogens is 2. The first kappa shape index (κ1) is 30.2. The summed E-state index contributed by atoms with van der Waals surface area (Å²) in [5.41, 5.74) is -1.37. The Morgan fingerprint density at radius 3 is 2.22 bits per heavy atom. The van der Waals surface area contributed by atoms with Gasteiger partial charge in [0.15, 0.2) is 5.72 Å². The Morgan fingerprint density at radius 2 is 1.61 bits per heavy atom. The van der Waals surface area contributed by atoms with Crippen molar-refractivity contribution >= 4 is 23.2 Å². The number of halogens is 4. The molecule has 2 N–H and O–H groups in total. The van der Waals surface area contributed by atoms with Crippen molar-refractivity contribution < 1.29 is 23.8 Å². The lowest BCUT2D eigenvalue weighted by atomic mass is 9.80. The molecular formula is C30H34Cl2F2N4O3. The number of hydrogen-bond acceptors (Lipinski definition) is 7. The molecule has 3 heterocycles. The fourth-order valence-electron chi connectivity index (χ4n) is 6.48. The summed E-state index contributed by atoms with van der Waals surface area (Å²) >= 11 is 12.3. The Labute approximate surface area is 248 Å². The Hall–Kier alpha value is -2.24. The third-order valence-electron chi connectivity index (χ3n) is 8.37. The van der Waals surface area contributed by atoms with E-state index in [1.54, 1.807) is 24.3 Å². The molecule has 220 valence electrons. The molecule has 3 atom stereocenters. The zero-order valence-electron chi connectivity index (χ0n) is 22.6. The summed E-state index contributed by atoms with van der Waals surface area (Å²) in [6.07, 6.45) is 4.39. The number of fused-ring (bicyclic) bond motifs is 1. The van der Waals surface area contributed by atoms with E-state index in [2.05, 4.69) is 14.9 Å². The number of likely N-dealkylation sites (tertiary alicyclic amines) is 1. The highest BCUT2D eigenvalue weighted by Crippen LogP contribution is 2.58. The lowest BCUT2D eigenvalue weighted by Gasteiger charge is -2.49. The first-order valence-corrected chi connectivity index (χ1v) is 14.6. The van der Waals surface area contributed by atoms with Gasteiger partial charge in [-0.15, -0.1) is 4.48 Å². The van der Waals surface area contributed by atoms with Crippen LogP contribution in [0.4, 0.5) is 8.87 Å². The van der Waals surface area contributed by atoms with E-state index in [-0.39, 0.29) is 38.6 Å². The number of hydrogen-bond donors (Lipinski definition) is 2. The number of alkyl halides is 1. The van der Waals surface area contributed by atoms with Gasteiger partial charge in [0.05, 0.1) is 31.0 Å². The van der Waals surface area contributed by atoms with Crippen LogP contribution < -0.4 is 0 Å². The highest BCUT2D eigenvalue weighted by Gasteiger charge is 2.65. The maximum absolute atomic E-state index is 18.0. The average molecular weight is 608 g/mol. The quantitative estimate of drug-likeness (QED) is 0.295. The number of rotatable bonds is 11. The molecule has 0 saturated carbocycles. The minimum absolute atomic E-state index is 0.0271. The largest absolute Gasteiger partial charge is 0.396 e. The number of ether oxygens (including phenoxy) is 1. The smallest absolute Gasteiger partial charge is 0.191 e. The van der Waals surface area contributed by atoms with E-state index in [0.717, 1.165) is 5.12 Å². The third-order valence-corrected chi connectivity index (χ3v) is 8.82. The minimum atomic E-state index is -1.73. The van der Waals surface area contributed by atoms with Gasteiger partial charge in [-0.2, -0.15) is 0 Å². The normalized spacial score (nSPS) is 24.4. The molecule has 1 saturated heterocycles. The Balaban J connectivity index is 1.73. The summed E-state index contributed by atoms with van der Waals surface area (Å²) in [5.74, 6) is 0.310. The van der Waals surface area contributed by atoms with Gasteiger partial charge in [0.25, 0.3) is 0 Å². The van der Waals surface area contributed by atoms with Gasteiger partial charge < -0.3 is 14.9 Å². The molecule has 1 fully saturated rings. The van der Waals surface area contributed by atoms with E-state index < -0.39 is 24.0 Å². The standard InChI is InChI=1S/C30H34Cl2F2N4O3/c31-23-7-5-22(6-8-23)29(17-28-35-19-24(32)20-36-28)25-3-1-2-4-26(25)30(38(29)34,41-16-15-40)27(11-14-39)37-12-9-21(18-33)10-13-37/h1-8,19-21,27,39-40H,9-18H2/t27?,29-,30?/m1/s1. The predicted molar refractivity (Wildman–Crippen MR) is 153 cm³/mol. The van der Waals surface area contributed by atoms with Crippen LogP contribution in [0.25, 0.3) is 0 Å². The van der Waals surface area contributed by atoms with Gasteiger partial charge in [-0.05, 0) is 61.5 Å². The van der Waals surface area contributed by atoms with E-state index in [1.165, 1.54) is 12.4 Å². The maximum atomic E-state index is 18.0. The molecule has 2 unspecified atom stereocenters. The summed E-state index contributed by atoms with van der Waals surface area (Å²) < 4.78 is 38.0. The molecule has 5 rings (SSSR count). The van der Waals surface area contributed by atoms with Crippen molar-refractivity contribution in [2.75, 3.05) is 39.6 Å². The molecule has 2 aliphatic heterocycles. The van der Waals surface area contributed by atoms with Crippen molar-refractivity contribution in [2.24, 2.45) is 5.92 Å². The fraction of sp³-hybridized carbons (Fsp3) is 0.467. The molecule has 3 aromatic rings. The summed E-state index contributed by atoms with van der Waals surface area (Å²) in [6.45, 7) is -0.0549. The van der Waals surface area contributed by atoms with Crippen LogP contribution in [0.1, 0.15) is 41.8 Å². The van der Waals surface area contributed by atoms with Gasteiger partial charge in [0.1, 0.15) is 11.4 Å². The molecule has 0 bridgehead atoms. The molecular weight excluding hydrogens is 573 g/mol. The summed E-state index contributed by atoms with van der Waals surface area (Å²) in [4.78, 5) is 10.9. The molecule has 0 spiro atoms. The summed E-state index contributed by atoms with van der Waals surface area (Å²) in [6, 6.07) is 13.7. The molecule has 7 nitrogen and oxygen atoms in total. The van der Waals surface area contributed by atoms with Gasteiger partial charge in [-0.3, -0.25) is 9.29 Å². The van der Waals surface area contributed by atoms with Crippen LogP contribution in [-0.2, 0) is 22.4 Å². The van der Waals surface area contributed by atoms with Gasteiger partial charge in [-0.1, -0.05) is 64.7 Å². The van der Waals surface area contributed by atoms with Gasteiger partial charge >= 0.3 is 0 Å². The van der Waals surface area contributed by atoms with E-state index in [9.17, 15) is 14.6 Å². The second-order valence-corrected chi connectivity index (χ2v) is 11.5. The van der Waals surface area contributed by atoms with Crippen molar-refractivity contribution in [3.8, 4) is 0 Å². The maximum Gasteiger partial charge on any atom is 0.191 e. The monoisotopic (exact) mass is 606 g/mol. The van der Waals surface area contributed by atoms with Gasteiger partial charge in [-0.25, -0.2) is 9.97 Å². The van der Waals surface area contributed by atoms with Crippen molar-refractivity contribution in [1.82, 2.24) is 20.0 Å². The third kappa shape index (κ3) is 5.49. The van der Waals surface area contributed by atoms with Crippen LogP contribution in [0.15, 0.2) is 60.9 Å². The number of aliphatic hydroxyl groups is 2. The fourth-order valence-corrected chi connectivity index (χ4v) is 6.70. The van der Waals surface area contributed by atoms with Crippen LogP contribution in [-0.4, -0.2) is 75.8 Å². The highest BCUT2D eigenvalue weighted by molar-refractivity contribution is 6.30. The van der Waals surface area contributed by atoms with Crippen molar-refractivity contribution in [3.63, 3.8) is 0 Å². The van der Waals surface area contributed by atoms with E-state index in [4.69, 9.17) is 27.9 Å². The number of benzene rings is 2. The van der Waals surface area contributed by atoms with E-state index in [1.807, 2.05) is 24.3 Å². The molecule has 2 aromatic carbocycles. The zero-order chi connectivity index (χ0) is 29.0. The number of nitrogens with zero attached hydrogens (tertiary/aromatic N) is 4. The summed E-state index contributed by atoms with van der Waals surface area (Å²) in [7, 11) is 0. The van der Waals surface area contributed by atoms with Crippen molar-refractivity contribution in [2.45, 2.75) is 43.0 Å². The van der Waals surface area contributed by atoms with E-state index in [0.29, 0.717) is 58.5 Å². The second kappa shape index (κ2) is 13.0. The zero-order valence-corrected chi connectivity index (χ0v) is 24.1. The van der Waals surface area contributed by atoms with Crippen LogP contribution >= 0.6 is 23.2 Å².